The normalized spacial score (nSPS) is 29.1. The predicted octanol–water partition coefficient (Wildman–Crippen LogP) is 3.03. The van der Waals surface area contributed by atoms with Crippen LogP contribution in [0.3, 0.4) is 0 Å². The molecule has 0 heterocycles. The zero-order valence-corrected chi connectivity index (χ0v) is 10.4. The summed E-state index contributed by atoms with van der Waals surface area (Å²) in [5, 5.41) is 0. The van der Waals surface area contributed by atoms with Gasteiger partial charge in [0.1, 0.15) is 17.7 Å². The molecule has 3 heteroatoms. The van der Waals surface area contributed by atoms with Gasteiger partial charge in [-0.15, -0.1) is 0 Å². The van der Waals surface area contributed by atoms with Gasteiger partial charge in [-0.05, 0) is 43.7 Å². The summed E-state index contributed by atoms with van der Waals surface area (Å²) in [6.45, 7) is 4.13. The van der Waals surface area contributed by atoms with Crippen molar-refractivity contribution in [1.29, 1.82) is 0 Å². The molecule has 3 atom stereocenters. The maximum Gasteiger partial charge on any atom is 0.126 e. The SMILES string of the molecule is Cc1ccc(F)cc1OC1CC(C)CCC1N. The molecule has 0 bridgehead atoms. The van der Waals surface area contributed by atoms with Crippen molar-refractivity contribution < 1.29 is 9.13 Å². The lowest BCUT2D eigenvalue weighted by molar-refractivity contribution is 0.107. The Balaban J connectivity index is 2.11. The van der Waals surface area contributed by atoms with Crippen molar-refractivity contribution in [2.75, 3.05) is 0 Å². The van der Waals surface area contributed by atoms with Gasteiger partial charge in [0.05, 0.1) is 0 Å². The zero-order valence-electron chi connectivity index (χ0n) is 10.4. The molecule has 1 fully saturated rings. The number of aryl methyl sites for hydroxylation is 1. The average Bonchev–Trinajstić information content (AvgIpc) is 2.28. The fourth-order valence-electron chi connectivity index (χ4n) is 2.35. The van der Waals surface area contributed by atoms with Gasteiger partial charge in [-0.2, -0.15) is 0 Å². The van der Waals surface area contributed by atoms with E-state index in [0.717, 1.165) is 24.8 Å². The summed E-state index contributed by atoms with van der Waals surface area (Å²) in [6.07, 6.45) is 3.11. The highest BCUT2D eigenvalue weighted by atomic mass is 19.1. The van der Waals surface area contributed by atoms with Gasteiger partial charge in [-0.3, -0.25) is 0 Å². The minimum atomic E-state index is -0.261. The predicted molar refractivity (Wildman–Crippen MR) is 66.5 cm³/mol. The second-order valence-corrected chi connectivity index (χ2v) is 5.15. The van der Waals surface area contributed by atoms with E-state index in [1.54, 1.807) is 6.07 Å². The summed E-state index contributed by atoms with van der Waals surface area (Å²) < 4.78 is 19.0. The van der Waals surface area contributed by atoms with Gasteiger partial charge in [0.15, 0.2) is 0 Å². The van der Waals surface area contributed by atoms with Crippen LogP contribution in [0.25, 0.3) is 0 Å². The molecular weight excluding hydrogens is 217 g/mol. The third-order valence-corrected chi connectivity index (χ3v) is 3.53. The number of benzene rings is 1. The molecule has 2 rings (SSSR count). The number of halogens is 1. The first-order valence-electron chi connectivity index (χ1n) is 6.24. The second-order valence-electron chi connectivity index (χ2n) is 5.15. The number of hydrogen-bond donors (Lipinski definition) is 1. The van der Waals surface area contributed by atoms with Crippen LogP contribution in [0.2, 0.25) is 0 Å². The van der Waals surface area contributed by atoms with E-state index in [-0.39, 0.29) is 18.0 Å². The number of hydrogen-bond acceptors (Lipinski definition) is 2. The molecule has 94 valence electrons. The third-order valence-electron chi connectivity index (χ3n) is 3.53. The lowest BCUT2D eigenvalue weighted by Crippen LogP contribution is -2.43. The van der Waals surface area contributed by atoms with Crippen molar-refractivity contribution in [1.82, 2.24) is 0 Å². The Bertz CT molecular complexity index is 394. The lowest BCUT2D eigenvalue weighted by atomic mass is 9.85. The highest BCUT2D eigenvalue weighted by Crippen LogP contribution is 2.28. The molecule has 2 nitrogen and oxygen atoms in total. The largest absolute Gasteiger partial charge is 0.488 e. The number of rotatable bonds is 2. The summed E-state index contributed by atoms with van der Waals surface area (Å²) in [7, 11) is 0. The molecular formula is C14H20FNO. The van der Waals surface area contributed by atoms with Crippen LogP contribution in [-0.2, 0) is 0 Å². The van der Waals surface area contributed by atoms with Gasteiger partial charge in [-0.25, -0.2) is 4.39 Å². The topological polar surface area (TPSA) is 35.2 Å². The van der Waals surface area contributed by atoms with Gasteiger partial charge in [0.25, 0.3) is 0 Å². The molecule has 0 amide bonds. The monoisotopic (exact) mass is 237 g/mol. The molecule has 2 N–H and O–H groups in total. The molecule has 17 heavy (non-hydrogen) atoms. The van der Waals surface area contributed by atoms with E-state index in [1.807, 2.05) is 6.92 Å². The Morgan fingerprint density at radius 3 is 2.88 bits per heavy atom. The van der Waals surface area contributed by atoms with Crippen molar-refractivity contribution in [3.8, 4) is 5.75 Å². The summed E-state index contributed by atoms with van der Waals surface area (Å²) in [5.41, 5.74) is 7.01. The summed E-state index contributed by atoms with van der Waals surface area (Å²) >= 11 is 0. The molecule has 1 aromatic carbocycles. The van der Waals surface area contributed by atoms with Crippen molar-refractivity contribution in [2.45, 2.75) is 45.3 Å². The van der Waals surface area contributed by atoms with Gasteiger partial charge >= 0.3 is 0 Å². The maximum atomic E-state index is 13.2. The van der Waals surface area contributed by atoms with Crippen molar-refractivity contribution >= 4 is 0 Å². The standard InChI is InChI=1S/C14H20FNO/c1-9-3-6-12(16)14(7-9)17-13-8-11(15)5-4-10(13)2/h4-5,8-9,12,14H,3,6-7,16H2,1-2H3. The van der Waals surface area contributed by atoms with Crippen LogP contribution in [0.4, 0.5) is 4.39 Å². The quantitative estimate of drug-likeness (QED) is 0.858. The van der Waals surface area contributed by atoms with Crippen LogP contribution in [0.5, 0.6) is 5.75 Å². The summed E-state index contributed by atoms with van der Waals surface area (Å²) in [5.74, 6) is 0.997. The number of nitrogens with two attached hydrogens (primary N) is 1. The van der Waals surface area contributed by atoms with Crippen molar-refractivity contribution in [3.05, 3.63) is 29.6 Å². The Hall–Kier alpha value is -1.09. The van der Waals surface area contributed by atoms with Gasteiger partial charge < -0.3 is 10.5 Å². The summed E-state index contributed by atoms with van der Waals surface area (Å²) in [4.78, 5) is 0. The van der Waals surface area contributed by atoms with Crippen LogP contribution in [0, 0.1) is 18.7 Å². The fourth-order valence-corrected chi connectivity index (χ4v) is 2.35. The van der Waals surface area contributed by atoms with E-state index in [9.17, 15) is 4.39 Å². The van der Waals surface area contributed by atoms with E-state index in [4.69, 9.17) is 10.5 Å². The highest BCUT2D eigenvalue weighted by molar-refractivity contribution is 5.33. The van der Waals surface area contributed by atoms with E-state index in [2.05, 4.69) is 6.92 Å². The molecule has 0 aromatic heterocycles. The molecule has 1 aliphatic rings. The molecule has 1 saturated carbocycles. The third kappa shape index (κ3) is 2.97. The van der Waals surface area contributed by atoms with E-state index in [1.165, 1.54) is 12.1 Å². The second kappa shape index (κ2) is 5.05. The smallest absolute Gasteiger partial charge is 0.126 e. The van der Waals surface area contributed by atoms with E-state index in [0.29, 0.717) is 11.7 Å². The summed E-state index contributed by atoms with van der Waals surface area (Å²) in [6, 6.07) is 4.70. The zero-order chi connectivity index (χ0) is 12.4. The van der Waals surface area contributed by atoms with Crippen LogP contribution in [0.1, 0.15) is 31.7 Å². The van der Waals surface area contributed by atoms with Crippen LogP contribution >= 0.6 is 0 Å². The van der Waals surface area contributed by atoms with Gasteiger partial charge in [-0.1, -0.05) is 13.0 Å². The van der Waals surface area contributed by atoms with Crippen LogP contribution in [-0.4, -0.2) is 12.1 Å². The van der Waals surface area contributed by atoms with Crippen molar-refractivity contribution in [2.24, 2.45) is 11.7 Å². The van der Waals surface area contributed by atoms with Gasteiger partial charge in [0, 0.05) is 12.1 Å². The number of ether oxygens (including phenoxy) is 1. The molecule has 1 aromatic rings. The van der Waals surface area contributed by atoms with Crippen LogP contribution < -0.4 is 10.5 Å². The minimum absolute atomic E-state index is 0.0132. The first kappa shape index (κ1) is 12.4. The Morgan fingerprint density at radius 1 is 1.35 bits per heavy atom. The molecule has 0 aliphatic heterocycles. The first-order chi connectivity index (χ1) is 8.06. The maximum absolute atomic E-state index is 13.2. The van der Waals surface area contributed by atoms with E-state index >= 15 is 0 Å². The Morgan fingerprint density at radius 2 is 2.12 bits per heavy atom. The fraction of sp³-hybridized carbons (Fsp3) is 0.571. The molecule has 0 radical (unpaired) electrons. The molecule has 1 aliphatic carbocycles. The molecule has 0 saturated heterocycles. The van der Waals surface area contributed by atoms with E-state index < -0.39 is 0 Å². The molecule has 3 unspecified atom stereocenters. The molecule has 0 spiro atoms. The average molecular weight is 237 g/mol. The van der Waals surface area contributed by atoms with Crippen LogP contribution in [0.15, 0.2) is 18.2 Å². The van der Waals surface area contributed by atoms with Crippen molar-refractivity contribution in [3.63, 3.8) is 0 Å². The lowest BCUT2D eigenvalue weighted by Gasteiger charge is -2.33. The highest BCUT2D eigenvalue weighted by Gasteiger charge is 2.27. The Kier molecular flexibility index (Phi) is 3.67. The minimum Gasteiger partial charge on any atom is -0.488 e. The van der Waals surface area contributed by atoms with Gasteiger partial charge in [0.2, 0.25) is 0 Å². The first-order valence-corrected chi connectivity index (χ1v) is 6.24. The Labute approximate surface area is 102 Å².